The maximum Gasteiger partial charge on any atom is 0.233 e. The minimum absolute atomic E-state index is 0.609. The van der Waals surface area contributed by atoms with Gasteiger partial charge in [0.15, 0.2) is 0 Å². The highest BCUT2D eigenvalue weighted by molar-refractivity contribution is 6.32. The predicted octanol–water partition coefficient (Wildman–Crippen LogP) is 2.92. The summed E-state index contributed by atoms with van der Waals surface area (Å²) in [6.45, 7) is 2.54. The zero-order chi connectivity index (χ0) is 10.7. The highest BCUT2D eigenvalue weighted by atomic mass is 35.5. The number of hydrogen-bond donors (Lipinski definition) is 0. The van der Waals surface area contributed by atoms with Crippen LogP contribution in [0, 0.1) is 0 Å². The van der Waals surface area contributed by atoms with Crippen LogP contribution in [-0.4, -0.2) is 16.4 Å². The molecule has 1 aromatic heterocycles. The third-order valence-electron chi connectivity index (χ3n) is 1.96. The van der Waals surface area contributed by atoms with Gasteiger partial charge in [-0.15, -0.1) is 5.10 Å². The first-order chi connectivity index (χ1) is 7.31. The zero-order valence-corrected chi connectivity index (χ0v) is 9.11. The van der Waals surface area contributed by atoms with E-state index < -0.39 is 0 Å². The Morgan fingerprint density at radius 2 is 2.13 bits per heavy atom. The van der Waals surface area contributed by atoms with Crippen LogP contribution < -0.4 is 4.74 Å². The van der Waals surface area contributed by atoms with E-state index in [2.05, 4.69) is 5.10 Å². The molecule has 0 aliphatic carbocycles. The summed E-state index contributed by atoms with van der Waals surface area (Å²) >= 11 is 6.04. The van der Waals surface area contributed by atoms with E-state index in [1.807, 2.05) is 43.5 Å². The Bertz CT molecular complexity index is 453. The lowest BCUT2D eigenvalue weighted by atomic mass is 10.3. The van der Waals surface area contributed by atoms with E-state index in [4.69, 9.17) is 16.3 Å². The number of benzene rings is 1. The average molecular weight is 223 g/mol. The van der Waals surface area contributed by atoms with Crippen LogP contribution in [0.25, 0.3) is 5.69 Å². The van der Waals surface area contributed by atoms with Crippen molar-refractivity contribution in [2.75, 3.05) is 6.61 Å². The number of nitrogens with zero attached hydrogens (tertiary/aromatic N) is 2. The second kappa shape index (κ2) is 4.36. The fraction of sp³-hybridized carbons (Fsp3) is 0.182. The molecule has 0 unspecified atom stereocenters. The maximum atomic E-state index is 6.04. The monoisotopic (exact) mass is 222 g/mol. The van der Waals surface area contributed by atoms with Crippen LogP contribution in [0.3, 0.4) is 0 Å². The van der Waals surface area contributed by atoms with Gasteiger partial charge in [-0.1, -0.05) is 23.7 Å². The van der Waals surface area contributed by atoms with Gasteiger partial charge in [-0.25, -0.2) is 4.68 Å². The first-order valence-corrected chi connectivity index (χ1v) is 5.12. The molecule has 0 bridgehead atoms. The molecule has 3 nitrogen and oxygen atoms in total. The second-order valence-corrected chi connectivity index (χ2v) is 3.39. The van der Waals surface area contributed by atoms with Crippen molar-refractivity contribution in [2.45, 2.75) is 6.92 Å². The summed E-state index contributed by atoms with van der Waals surface area (Å²) < 4.78 is 6.97. The fourth-order valence-corrected chi connectivity index (χ4v) is 1.53. The van der Waals surface area contributed by atoms with Crippen molar-refractivity contribution in [3.8, 4) is 11.6 Å². The summed E-state index contributed by atoms with van der Waals surface area (Å²) in [6, 6.07) is 9.36. The molecule has 0 spiro atoms. The minimum Gasteiger partial charge on any atom is -0.477 e. The molecular weight excluding hydrogens is 212 g/mol. The largest absolute Gasteiger partial charge is 0.477 e. The van der Waals surface area contributed by atoms with Crippen molar-refractivity contribution < 1.29 is 4.74 Å². The van der Waals surface area contributed by atoms with E-state index >= 15 is 0 Å². The highest BCUT2D eigenvalue weighted by Gasteiger charge is 2.04. The molecular formula is C11H11ClN2O. The van der Waals surface area contributed by atoms with E-state index in [1.165, 1.54) is 0 Å². The average Bonchev–Trinajstić information content (AvgIpc) is 2.68. The summed E-state index contributed by atoms with van der Waals surface area (Å²) in [7, 11) is 0. The second-order valence-electron chi connectivity index (χ2n) is 2.98. The third-order valence-corrected chi connectivity index (χ3v) is 2.28. The van der Waals surface area contributed by atoms with Gasteiger partial charge in [0, 0.05) is 12.3 Å². The molecule has 1 heterocycles. The van der Waals surface area contributed by atoms with Gasteiger partial charge in [0.2, 0.25) is 5.88 Å². The Morgan fingerprint density at radius 3 is 2.87 bits per heavy atom. The van der Waals surface area contributed by atoms with Crippen LogP contribution in [-0.2, 0) is 0 Å². The van der Waals surface area contributed by atoms with Crippen LogP contribution in [0.2, 0.25) is 5.02 Å². The third kappa shape index (κ3) is 2.13. The van der Waals surface area contributed by atoms with Gasteiger partial charge in [0.1, 0.15) is 0 Å². The lowest BCUT2D eigenvalue weighted by Gasteiger charge is -2.02. The fourth-order valence-electron chi connectivity index (χ4n) is 1.30. The highest BCUT2D eigenvalue weighted by Crippen LogP contribution is 2.20. The Hall–Kier alpha value is -1.48. The quantitative estimate of drug-likeness (QED) is 0.799. The number of ether oxygens (including phenoxy) is 1. The van der Waals surface area contributed by atoms with Crippen molar-refractivity contribution in [1.29, 1.82) is 0 Å². The van der Waals surface area contributed by atoms with E-state index in [0.29, 0.717) is 17.5 Å². The van der Waals surface area contributed by atoms with Gasteiger partial charge in [0.25, 0.3) is 0 Å². The normalized spacial score (nSPS) is 10.3. The molecule has 0 aliphatic heterocycles. The smallest absolute Gasteiger partial charge is 0.233 e. The Kier molecular flexibility index (Phi) is 2.92. The van der Waals surface area contributed by atoms with Crippen molar-refractivity contribution in [3.05, 3.63) is 41.6 Å². The molecule has 1 aromatic carbocycles. The maximum absolute atomic E-state index is 6.04. The van der Waals surface area contributed by atoms with E-state index in [9.17, 15) is 0 Å². The van der Waals surface area contributed by atoms with Crippen molar-refractivity contribution in [2.24, 2.45) is 0 Å². The van der Waals surface area contributed by atoms with Crippen molar-refractivity contribution >= 4 is 11.6 Å². The molecule has 0 radical (unpaired) electrons. The van der Waals surface area contributed by atoms with Crippen LogP contribution in [0.4, 0.5) is 0 Å². The molecule has 0 atom stereocenters. The van der Waals surface area contributed by atoms with E-state index in [-0.39, 0.29) is 0 Å². The summed E-state index contributed by atoms with van der Waals surface area (Å²) in [6.07, 6.45) is 1.83. The van der Waals surface area contributed by atoms with Crippen LogP contribution >= 0.6 is 11.6 Å². The van der Waals surface area contributed by atoms with Crippen LogP contribution in [0.1, 0.15) is 6.92 Å². The van der Waals surface area contributed by atoms with Gasteiger partial charge in [-0.05, 0) is 19.1 Å². The summed E-state index contributed by atoms with van der Waals surface area (Å²) in [5.41, 5.74) is 0.852. The Balaban J connectivity index is 2.33. The Morgan fingerprint density at radius 1 is 1.33 bits per heavy atom. The molecule has 0 saturated heterocycles. The molecule has 2 rings (SSSR count). The summed E-state index contributed by atoms with van der Waals surface area (Å²) in [4.78, 5) is 0. The Labute approximate surface area is 93.2 Å². The minimum atomic E-state index is 0.609. The van der Waals surface area contributed by atoms with E-state index in [0.717, 1.165) is 5.69 Å². The lowest BCUT2D eigenvalue weighted by Crippen LogP contribution is -1.97. The van der Waals surface area contributed by atoms with Gasteiger partial charge < -0.3 is 4.74 Å². The van der Waals surface area contributed by atoms with Gasteiger partial charge >= 0.3 is 0 Å². The molecule has 0 aliphatic rings. The van der Waals surface area contributed by atoms with Crippen molar-refractivity contribution in [3.63, 3.8) is 0 Å². The molecule has 0 N–H and O–H groups in total. The molecule has 2 aromatic rings. The molecule has 78 valence electrons. The molecule has 15 heavy (non-hydrogen) atoms. The van der Waals surface area contributed by atoms with Crippen LogP contribution in [0.5, 0.6) is 5.88 Å². The number of rotatable bonds is 3. The lowest BCUT2D eigenvalue weighted by molar-refractivity contribution is 0.324. The standard InChI is InChI=1S/C11H11ClN2O/c1-2-15-11-7-8-14(13-11)10-6-4-3-5-9(10)12/h3-8H,2H2,1H3. The molecule has 0 fully saturated rings. The topological polar surface area (TPSA) is 27.1 Å². The molecule has 4 heteroatoms. The SMILES string of the molecule is CCOc1ccn(-c2ccccc2Cl)n1. The number of aromatic nitrogens is 2. The summed E-state index contributed by atoms with van der Waals surface area (Å²) in [5.74, 6) is 0.609. The predicted molar refractivity (Wildman–Crippen MR) is 59.7 cm³/mol. The molecule has 0 amide bonds. The summed E-state index contributed by atoms with van der Waals surface area (Å²) in [5, 5.41) is 4.91. The van der Waals surface area contributed by atoms with Gasteiger partial charge in [-0.3, -0.25) is 0 Å². The van der Waals surface area contributed by atoms with Gasteiger partial charge in [0.05, 0.1) is 17.3 Å². The number of halogens is 1. The van der Waals surface area contributed by atoms with E-state index in [1.54, 1.807) is 4.68 Å². The first-order valence-electron chi connectivity index (χ1n) is 4.74. The number of para-hydroxylation sites is 1. The van der Waals surface area contributed by atoms with Crippen molar-refractivity contribution in [1.82, 2.24) is 9.78 Å². The zero-order valence-electron chi connectivity index (χ0n) is 8.35. The van der Waals surface area contributed by atoms with Crippen LogP contribution in [0.15, 0.2) is 36.5 Å². The number of hydrogen-bond acceptors (Lipinski definition) is 2. The van der Waals surface area contributed by atoms with Gasteiger partial charge in [-0.2, -0.15) is 0 Å². The first kappa shape index (κ1) is 10.1. The molecule has 0 saturated carbocycles.